The molecule has 0 aliphatic carbocycles. The Bertz CT molecular complexity index is 1100. The number of benzene rings is 1. The minimum atomic E-state index is -0.125. The molecule has 1 N–H and O–H groups in total. The molecule has 3 aromatic rings. The van der Waals surface area contributed by atoms with Gasteiger partial charge in [0, 0.05) is 11.1 Å². The number of carbonyl (C=O) groups is 1. The number of thiazole rings is 1. The third kappa shape index (κ3) is 3.08. The van der Waals surface area contributed by atoms with Crippen molar-refractivity contribution < 1.29 is 4.79 Å². The highest BCUT2D eigenvalue weighted by Crippen LogP contribution is 2.31. The molecule has 0 radical (unpaired) electrons. The fourth-order valence-electron chi connectivity index (χ4n) is 2.81. The Morgan fingerprint density at radius 1 is 1.23 bits per heavy atom. The van der Waals surface area contributed by atoms with Gasteiger partial charge in [-0.15, -0.1) is 11.3 Å². The monoisotopic (exact) mass is 382 g/mol. The van der Waals surface area contributed by atoms with Crippen molar-refractivity contribution in [3.8, 4) is 0 Å². The standard InChI is InChI=1S/C19H18N4OS2/c1-10-5-6-11(2)14(7-10)21-18-22-17(24)16(26-18)8-15-13(4)20-19-23(15)9-12(3)25-19/h5-9H,1-4H3,(H,21,22,24). The zero-order chi connectivity index (χ0) is 18.4. The van der Waals surface area contributed by atoms with Crippen molar-refractivity contribution in [2.45, 2.75) is 27.7 Å². The number of aliphatic imine (C=N–C) groups is 1. The summed E-state index contributed by atoms with van der Waals surface area (Å²) in [5.74, 6) is -0.125. The number of thioether (sulfide) groups is 1. The van der Waals surface area contributed by atoms with Crippen LogP contribution in [-0.2, 0) is 4.79 Å². The Balaban J connectivity index is 1.69. The molecule has 1 aromatic carbocycles. The van der Waals surface area contributed by atoms with Crippen molar-refractivity contribution in [2.24, 2.45) is 4.99 Å². The summed E-state index contributed by atoms with van der Waals surface area (Å²) in [5, 5.41) is 3.47. The van der Waals surface area contributed by atoms with Gasteiger partial charge in [-0.2, -0.15) is 0 Å². The fraction of sp³-hybridized carbons (Fsp3) is 0.211. The van der Waals surface area contributed by atoms with Gasteiger partial charge in [-0.25, -0.2) is 9.98 Å². The molecular weight excluding hydrogens is 364 g/mol. The summed E-state index contributed by atoms with van der Waals surface area (Å²) in [5.41, 5.74) is 4.96. The van der Waals surface area contributed by atoms with Gasteiger partial charge < -0.3 is 5.32 Å². The minimum absolute atomic E-state index is 0.125. The van der Waals surface area contributed by atoms with E-state index in [1.165, 1.54) is 16.6 Å². The summed E-state index contributed by atoms with van der Waals surface area (Å²) in [6.45, 7) is 8.06. The highest BCUT2D eigenvalue weighted by Gasteiger charge is 2.25. The lowest BCUT2D eigenvalue weighted by atomic mass is 10.1. The van der Waals surface area contributed by atoms with E-state index < -0.39 is 0 Å². The number of hydrogen-bond acceptors (Lipinski definition) is 5. The van der Waals surface area contributed by atoms with E-state index in [1.807, 2.05) is 43.4 Å². The molecule has 3 heterocycles. The first-order chi connectivity index (χ1) is 12.4. The van der Waals surface area contributed by atoms with Gasteiger partial charge in [-0.1, -0.05) is 12.1 Å². The number of nitrogens with zero attached hydrogens (tertiary/aromatic N) is 3. The molecule has 132 valence electrons. The van der Waals surface area contributed by atoms with Gasteiger partial charge >= 0.3 is 0 Å². The average molecular weight is 383 g/mol. The fourth-order valence-corrected chi connectivity index (χ4v) is 4.50. The van der Waals surface area contributed by atoms with Crippen LogP contribution < -0.4 is 5.32 Å². The van der Waals surface area contributed by atoms with Crippen LogP contribution in [0.2, 0.25) is 0 Å². The molecule has 0 spiro atoms. The minimum Gasteiger partial charge on any atom is -0.300 e. The SMILES string of the molecule is Cc1ccc(C)c(N=C2NC(=O)C(=Cc3c(C)nc4sc(C)cn34)S2)c1. The van der Waals surface area contributed by atoms with Crippen LogP contribution in [0.3, 0.4) is 0 Å². The first-order valence-electron chi connectivity index (χ1n) is 8.22. The Morgan fingerprint density at radius 2 is 2.04 bits per heavy atom. The second-order valence-corrected chi connectivity index (χ2v) is 8.59. The van der Waals surface area contributed by atoms with Crippen molar-refractivity contribution in [1.29, 1.82) is 0 Å². The molecule has 0 bridgehead atoms. The van der Waals surface area contributed by atoms with Crippen LogP contribution in [0, 0.1) is 27.7 Å². The van der Waals surface area contributed by atoms with Crippen LogP contribution in [0.15, 0.2) is 34.3 Å². The molecule has 1 aliphatic rings. The molecule has 7 heteroatoms. The number of amidine groups is 1. The Labute approximate surface area is 159 Å². The number of carbonyl (C=O) groups excluding carboxylic acids is 1. The first-order valence-corrected chi connectivity index (χ1v) is 9.86. The maximum atomic E-state index is 12.4. The molecule has 26 heavy (non-hydrogen) atoms. The zero-order valence-corrected chi connectivity index (χ0v) is 16.6. The molecule has 1 amide bonds. The summed E-state index contributed by atoms with van der Waals surface area (Å²) in [6.07, 6.45) is 3.95. The lowest BCUT2D eigenvalue weighted by Gasteiger charge is -2.02. The summed E-state index contributed by atoms with van der Waals surface area (Å²) < 4.78 is 2.04. The largest absolute Gasteiger partial charge is 0.300 e. The highest BCUT2D eigenvalue weighted by atomic mass is 32.2. The molecule has 5 nitrogen and oxygen atoms in total. The number of imidazole rings is 1. The first kappa shape index (κ1) is 17.1. The van der Waals surface area contributed by atoms with E-state index in [4.69, 9.17) is 0 Å². The Morgan fingerprint density at radius 3 is 2.85 bits per heavy atom. The summed E-state index contributed by atoms with van der Waals surface area (Å²) in [7, 11) is 0. The van der Waals surface area contributed by atoms with Gasteiger partial charge in [0.1, 0.15) is 0 Å². The zero-order valence-electron chi connectivity index (χ0n) is 15.0. The predicted octanol–water partition coefficient (Wildman–Crippen LogP) is 4.52. The van der Waals surface area contributed by atoms with E-state index >= 15 is 0 Å². The molecular formula is C19H18N4OS2. The van der Waals surface area contributed by atoms with Gasteiger partial charge in [0.2, 0.25) is 0 Å². The molecule has 4 rings (SSSR count). The van der Waals surface area contributed by atoms with E-state index in [1.54, 1.807) is 11.3 Å². The lowest BCUT2D eigenvalue weighted by molar-refractivity contribution is -0.115. The maximum absolute atomic E-state index is 12.4. The number of fused-ring (bicyclic) bond motifs is 1. The third-order valence-corrected chi connectivity index (χ3v) is 5.98. The number of nitrogens with one attached hydrogen (secondary N) is 1. The number of amides is 1. The van der Waals surface area contributed by atoms with Crippen LogP contribution >= 0.6 is 23.1 Å². The van der Waals surface area contributed by atoms with Crippen molar-refractivity contribution in [3.63, 3.8) is 0 Å². The molecule has 2 aromatic heterocycles. The molecule has 0 atom stereocenters. The van der Waals surface area contributed by atoms with Crippen molar-refractivity contribution in [2.75, 3.05) is 0 Å². The van der Waals surface area contributed by atoms with Crippen LogP contribution in [-0.4, -0.2) is 20.5 Å². The molecule has 1 saturated heterocycles. The smallest absolute Gasteiger partial charge is 0.264 e. The van der Waals surface area contributed by atoms with Gasteiger partial charge in [0.15, 0.2) is 10.1 Å². The van der Waals surface area contributed by atoms with E-state index in [9.17, 15) is 4.79 Å². The van der Waals surface area contributed by atoms with E-state index in [0.29, 0.717) is 10.1 Å². The quantitative estimate of drug-likeness (QED) is 0.663. The van der Waals surface area contributed by atoms with Crippen LogP contribution in [0.4, 0.5) is 5.69 Å². The lowest BCUT2D eigenvalue weighted by Crippen LogP contribution is -2.19. The van der Waals surface area contributed by atoms with Gasteiger partial charge in [0.05, 0.1) is 22.0 Å². The maximum Gasteiger partial charge on any atom is 0.264 e. The number of aryl methyl sites for hydroxylation is 4. The van der Waals surface area contributed by atoms with Crippen LogP contribution in [0.5, 0.6) is 0 Å². The second-order valence-electron chi connectivity index (χ2n) is 6.35. The van der Waals surface area contributed by atoms with Crippen molar-refractivity contribution >= 4 is 50.9 Å². The summed E-state index contributed by atoms with van der Waals surface area (Å²) >= 11 is 3.01. The van der Waals surface area contributed by atoms with Crippen LogP contribution in [0.1, 0.15) is 27.4 Å². The summed E-state index contributed by atoms with van der Waals surface area (Å²) in [4.78, 5) is 24.4. The van der Waals surface area contributed by atoms with E-state index in [-0.39, 0.29) is 5.91 Å². The van der Waals surface area contributed by atoms with E-state index in [2.05, 4.69) is 34.5 Å². The van der Waals surface area contributed by atoms with Gasteiger partial charge in [0.25, 0.3) is 5.91 Å². The summed E-state index contributed by atoms with van der Waals surface area (Å²) in [6, 6.07) is 6.12. The predicted molar refractivity (Wildman–Crippen MR) is 109 cm³/mol. The molecule has 1 aliphatic heterocycles. The normalized spacial score (nSPS) is 17.6. The number of hydrogen-bond donors (Lipinski definition) is 1. The topological polar surface area (TPSA) is 58.8 Å². The van der Waals surface area contributed by atoms with Crippen LogP contribution in [0.25, 0.3) is 11.0 Å². The number of aromatic nitrogens is 2. The Kier molecular flexibility index (Phi) is 4.20. The van der Waals surface area contributed by atoms with Crippen molar-refractivity contribution in [3.05, 3.63) is 56.7 Å². The Hall–Kier alpha value is -2.38. The molecule has 0 unspecified atom stereocenters. The number of rotatable bonds is 2. The second kappa shape index (κ2) is 6.41. The van der Waals surface area contributed by atoms with Gasteiger partial charge in [-0.3, -0.25) is 9.20 Å². The molecule has 1 fully saturated rings. The third-order valence-electron chi connectivity index (χ3n) is 4.17. The average Bonchev–Trinajstić information content (AvgIpc) is 3.18. The highest BCUT2D eigenvalue weighted by molar-refractivity contribution is 8.18. The van der Waals surface area contributed by atoms with Gasteiger partial charge in [-0.05, 0) is 62.7 Å². The van der Waals surface area contributed by atoms with Crippen molar-refractivity contribution in [1.82, 2.24) is 14.7 Å². The molecule has 0 saturated carbocycles. The van der Waals surface area contributed by atoms with E-state index in [0.717, 1.165) is 33.2 Å².